The predicted octanol–water partition coefficient (Wildman–Crippen LogP) is 3.44. The first-order valence-electron chi connectivity index (χ1n) is 10.3. The SMILES string of the molecule is COc1ccccc1NC1=C(c2ccc(NC(C)=O)cc2)C(=O)N(Cc2ccncc2)C1=O. The maximum absolute atomic E-state index is 13.4. The van der Waals surface area contributed by atoms with Crippen LogP contribution in [0.3, 0.4) is 0 Å². The summed E-state index contributed by atoms with van der Waals surface area (Å²) in [7, 11) is 1.54. The van der Waals surface area contributed by atoms with Crippen LogP contribution in [-0.4, -0.2) is 34.7 Å². The number of amides is 3. The number of pyridine rings is 1. The molecule has 166 valence electrons. The molecule has 0 bridgehead atoms. The van der Waals surface area contributed by atoms with E-state index in [4.69, 9.17) is 4.74 Å². The Kier molecular flexibility index (Phi) is 6.17. The van der Waals surface area contributed by atoms with E-state index in [1.807, 2.05) is 12.1 Å². The van der Waals surface area contributed by atoms with Crippen molar-refractivity contribution in [3.05, 3.63) is 89.9 Å². The molecule has 8 heteroatoms. The number of para-hydroxylation sites is 2. The van der Waals surface area contributed by atoms with E-state index in [2.05, 4.69) is 15.6 Å². The summed E-state index contributed by atoms with van der Waals surface area (Å²) < 4.78 is 5.39. The van der Waals surface area contributed by atoms with Gasteiger partial charge in [-0.2, -0.15) is 0 Å². The molecule has 3 amide bonds. The minimum Gasteiger partial charge on any atom is -0.495 e. The van der Waals surface area contributed by atoms with E-state index >= 15 is 0 Å². The lowest BCUT2D eigenvalue weighted by Crippen LogP contribution is -2.32. The molecule has 2 N–H and O–H groups in total. The predicted molar refractivity (Wildman–Crippen MR) is 124 cm³/mol. The second-order valence-electron chi connectivity index (χ2n) is 7.39. The number of carbonyl (C=O) groups excluding carboxylic acids is 3. The van der Waals surface area contributed by atoms with Gasteiger partial charge in [0.15, 0.2) is 0 Å². The second-order valence-corrected chi connectivity index (χ2v) is 7.39. The van der Waals surface area contributed by atoms with Gasteiger partial charge < -0.3 is 15.4 Å². The molecule has 0 aliphatic carbocycles. The maximum Gasteiger partial charge on any atom is 0.278 e. The van der Waals surface area contributed by atoms with Gasteiger partial charge in [-0.15, -0.1) is 0 Å². The number of aromatic nitrogens is 1. The number of benzene rings is 2. The minimum absolute atomic E-state index is 0.116. The van der Waals surface area contributed by atoms with Gasteiger partial charge in [0.1, 0.15) is 11.4 Å². The first-order chi connectivity index (χ1) is 16.0. The molecule has 0 saturated carbocycles. The standard InChI is InChI=1S/C25H22N4O4/c1-16(30)27-19-9-7-18(8-10-19)22-23(28-20-5-3-4-6-21(20)33-2)25(32)29(24(22)31)15-17-11-13-26-14-12-17/h3-14,28H,15H2,1-2H3,(H,27,30). The van der Waals surface area contributed by atoms with Crippen LogP contribution in [0.15, 0.2) is 78.8 Å². The third kappa shape index (κ3) is 4.59. The van der Waals surface area contributed by atoms with Crippen molar-refractivity contribution >= 4 is 34.7 Å². The molecule has 2 aromatic carbocycles. The molecular weight excluding hydrogens is 420 g/mol. The zero-order valence-corrected chi connectivity index (χ0v) is 18.2. The van der Waals surface area contributed by atoms with Crippen molar-refractivity contribution in [2.75, 3.05) is 17.7 Å². The zero-order valence-electron chi connectivity index (χ0n) is 18.2. The molecule has 0 fully saturated rings. The van der Waals surface area contributed by atoms with Gasteiger partial charge in [-0.3, -0.25) is 24.3 Å². The topological polar surface area (TPSA) is 101 Å². The van der Waals surface area contributed by atoms with E-state index in [0.717, 1.165) is 5.56 Å². The van der Waals surface area contributed by atoms with Crippen LogP contribution in [-0.2, 0) is 20.9 Å². The highest BCUT2D eigenvalue weighted by molar-refractivity contribution is 6.36. The summed E-state index contributed by atoms with van der Waals surface area (Å²) in [6, 6.07) is 17.5. The fraction of sp³-hybridized carbons (Fsp3) is 0.120. The molecule has 8 nitrogen and oxygen atoms in total. The smallest absolute Gasteiger partial charge is 0.278 e. The van der Waals surface area contributed by atoms with Crippen molar-refractivity contribution in [3.63, 3.8) is 0 Å². The average molecular weight is 442 g/mol. The average Bonchev–Trinajstić information content (AvgIpc) is 3.04. The zero-order chi connectivity index (χ0) is 23.4. The van der Waals surface area contributed by atoms with Crippen LogP contribution in [0.4, 0.5) is 11.4 Å². The number of carbonyl (C=O) groups is 3. The molecule has 1 aromatic heterocycles. The van der Waals surface area contributed by atoms with Crippen molar-refractivity contribution in [3.8, 4) is 5.75 Å². The number of nitrogens with zero attached hydrogens (tertiary/aromatic N) is 2. The third-order valence-corrected chi connectivity index (χ3v) is 5.12. The fourth-order valence-corrected chi connectivity index (χ4v) is 3.58. The van der Waals surface area contributed by atoms with E-state index in [0.29, 0.717) is 22.7 Å². The maximum atomic E-state index is 13.4. The van der Waals surface area contributed by atoms with Gasteiger partial charge in [0.2, 0.25) is 5.91 Å². The summed E-state index contributed by atoms with van der Waals surface area (Å²) >= 11 is 0. The summed E-state index contributed by atoms with van der Waals surface area (Å²) in [5, 5.41) is 5.81. The molecule has 0 unspecified atom stereocenters. The van der Waals surface area contributed by atoms with Crippen molar-refractivity contribution in [2.24, 2.45) is 0 Å². The number of hydrogen-bond donors (Lipinski definition) is 2. The molecule has 2 heterocycles. The Bertz CT molecular complexity index is 1240. The Morgan fingerprint density at radius 3 is 2.33 bits per heavy atom. The normalized spacial score (nSPS) is 13.3. The van der Waals surface area contributed by atoms with Crippen LogP contribution in [0.5, 0.6) is 5.75 Å². The quantitative estimate of drug-likeness (QED) is 0.544. The molecule has 4 rings (SSSR count). The Balaban J connectivity index is 1.74. The van der Waals surface area contributed by atoms with E-state index in [1.165, 1.54) is 18.9 Å². The van der Waals surface area contributed by atoms with Crippen LogP contribution >= 0.6 is 0 Å². The van der Waals surface area contributed by atoms with E-state index < -0.39 is 11.8 Å². The summed E-state index contributed by atoms with van der Waals surface area (Å²) in [5.41, 5.74) is 2.90. The molecule has 3 aromatic rings. The van der Waals surface area contributed by atoms with Crippen molar-refractivity contribution in [2.45, 2.75) is 13.5 Å². The highest BCUT2D eigenvalue weighted by Crippen LogP contribution is 2.34. The third-order valence-electron chi connectivity index (χ3n) is 5.12. The van der Waals surface area contributed by atoms with Gasteiger partial charge in [0, 0.05) is 25.0 Å². The monoisotopic (exact) mass is 442 g/mol. The lowest BCUT2D eigenvalue weighted by atomic mass is 10.0. The Morgan fingerprint density at radius 1 is 0.970 bits per heavy atom. The molecule has 0 radical (unpaired) electrons. The number of anilines is 2. The number of nitrogens with one attached hydrogen (secondary N) is 2. The van der Waals surface area contributed by atoms with Crippen molar-refractivity contribution in [1.82, 2.24) is 9.88 Å². The van der Waals surface area contributed by atoms with Gasteiger partial charge in [-0.25, -0.2) is 0 Å². The van der Waals surface area contributed by atoms with Crippen LogP contribution in [0.1, 0.15) is 18.1 Å². The van der Waals surface area contributed by atoms with Gasteiger partial charge in [-0.05, 0) is 47.5 Å². The molecule has 1 aliphatic heterocycles. The van der Waals surface area contributed by atoms with E-state index in [-0.39, 0.29) is 23.7 Å². The number of rotatable bonds is 7. The molecule has 0 saturated heterocycles. The second kappa shape index (κ2) is 9.35. The fourth-order valence-electron chi connectivity index (χ4n) is 3.58. The van der Waals surface area contributed by atoms with E-state index in [1.54, 1.807) is 60.9 Å². The number of ether oxygens (including phenoxy) is 1. The molecule has 0 spiro atoms. The van der Waals surface area contributed by atoms with Crippen LogP contribution in [0, 0.1) is 0 Å². The number of methoxy groups -OCH3 is 1. The van der Waals surface area contributed by atoms with Gasteiger partial charge >= 0.3 is 0 Å². The number of hydrogen-bond acceptors (Lipinski definition) is 6. The minimum atomic E-state index is -0.441. The van der Waals surface area contributed by atoms with Crippen molar-refractivity contribution < 1.29 is 19.1 Å². The van der Waals surface area contributed by atoms with Crippen molar-refractivity contribution in [1.29, 1.82) is 0 Å². The van der Waals surface area contributed by atoms with Crippen LogP contribution in [0.2, 0.25) is 0 Å². The Hall–Kier alpha value is -4.46. The highest BCUT2D eigenvalue weighted by Gasteiger charge is 2.39. The number of imide groups is 1. The highest BCUT2D eigenvalue weighted by atomic mass is 16.5. The summed E-state index contributed by atoms with van der Waals surface area (Å²) in [6.45, 7) is 1.53. The van der Waals surface area contributed by atoms with E-state index in [9.17, 15) is 14.4 Å². The molecule has 33 heavy (non-hydrogen) atoms. The molecule has 0 atom stereocenters. The summed E-state index contributed by atoms with van der Waals surface area (Å²) in [5.74, 6) is -0.514. The van der Waals surface area contributed by atoms with Gasteiger partial charge in [-0.1, -0.05) is 24.3 Å². The molecule has 1 aliphatic rings. The van der Waals surface area contributed by atoms with Gasteiger partial charge in [0.25, 0.3) is 11.8 Å². The molecular formula is C25H22N4O4. The summed E-state index contributed by atoms with van der Waals surface area (Å²) in [6.07, 6.45) is 3.23. The Labute approximate surface area is 190 Å². The largest absolute Gasteiger partial charge is 0.495 e. The van der Waals surface area contributed by atoms with Gasteiger partial charge in [0.05, 0.1) is 24.9 Å². The first-order valence-corrected chi connectivity index (χ1v) is 10.3. The lowest BCUT2D eigenvalue weighted by molar-refractivity contribution is -0.137. The summed E-state index contributed by atoms with van der Waals surface area (Å²) in [4.78, 5) is 43.3. The van der Waals surface area contributed by atoms with Crippen LogP contribution < -0.4 is 15.4 Å². The first kappa shape index (κ1) is 21.8. The van der Waals surface area contributed by atoms with Crippen LogP contribution in [0.25, 0.3) is 5.57 Å². The Morgan fingerprint density at radius 2 is 1.67 bits per heavy atom. The lowest BCUT2D eigenvalue weighted by Gasteiger charge is -2.15.